The van der Waals surface area contributed by atoms with Crippen LogP contribution in [-0.4, -0.2) is 41.9 Å². The van der Waals surface area contributed by atoms with Gasteiger partial charge in [0.15, 0.2) is 0 Å². The van der Waals surface area contributed by atoms with Crippen LogP contribution in [0.3, 0.4) is 0 Å². The van der Waals surface area contributed by atoms with E-state index in [9.17, 15) is 10.4 Å². The lowest BCUT2D eigenvalue weighted by Gasteiger charge is -2.07. The van der Waals surface area contributed by atoms with E-state index in [4.69, 9.17) is 4.98 Å². The number of aromatic nitrogens is 6. The van der Waals surface area contributed by atoms with Crippen LogP contribution in [0.2, 0.25) is 0 Å². The highest BCUT2D eigenvalue weighted by Gasteiger charge is 2.13. The molecule has 0 aliphatic heterocycles. The van der Waals surface area contributed by atoms with Crippen LogP contribution in [0, 0.1) is 11.3 Å². The first kappa shape index (κ1) is 17.4. The largest absolute Gasteiger partial charge is 0.395 e. The number of rotatable bonds is 6. The summed E-state index contributed by atoms with van der Waals surface area (Å²) in [5, 5.41) is 35.2. The summed E-state index contributed by atoms with van der Waals surface area (Å²) in [5.41, 5.74) is 3.69. The van der Waals surface area contributed by atoms with Crippen LogP contribution < -0.4 is 5.32 Å². The first-order valence-electron chi connectivity index (χ1n) is 8.57. The zero-order chi connectivity index (χ0) is 19.3. The molecule has 2 aromatic heterocycles. The van der Waals surface area contributed by atoms with Crippen molar-refractivity contribution in [3.8, 4) is 17.5 Å². The average molecular weight is 372 g/mol. The second kappa shape index (κ2) is 7.69. The van der Waals surface area contributed by atoms with Crippen molar-refractivity contribution in [2.24, 2.45) is 0 Å². The molecule has 0 saturated carbocycles. The van der Waals surface area contributed by atoms with Crippen molar-refractivity contribution in [3.05, 3.63) is 60.6 Å². The van der Waals surface area contributed by atoms with E-state index in [2.05, 4.69) is 25.9 Å². The molecule has 0 aliphatic carbocycles. The van der Waals surface area contributed by atoms with Crippen LogP contribution in [0.4, 0.5) is 5.69 Å². The summed E-state index contributed by atoms with van der Waals surface area (Å²) in [5.74, 6) is 1.01. The number of tetrazole rings is 1. The molecular formula is C19H16N8O. The van der Waals surface area contributed by atoms with Crippen molar-refractivity contribution in [3.63, 3.8) is 0 Å². The number of aromatic amines is 1. The summed E-state index contributed by atoms with van der Waals surface area (Å²) in [6, 6.07) is 17.6. The molecule has 138 valence electrons. The molecule has 0 fully saturated rings. The third-order valence-corrected chi connectivity index (χ3v) is 4.19. The zero-order valence-electron chi connectivity index (χ0n) is 14.7. The Morgan fingerprint density at radius 1 is 1.25 bits per heavy atom. The van der Waals surface area contributed by atoms with E-state index in [0.717, 1.165) is 28.1 Å². The number of aliphatic hydroxyl groups is 1. The molecule has 9 heteroatoms. The lowest BCUT2D eigenvalue weighted by atomic mass is 10.2. The van der Waals surface area contributed by atoms with Gasteiger partial charge in [0.25, 0.3) is 0 Å². The van der Waals surface area contributed by atoms with Crippen molar-refractivity contribution in [1.29, 1.82) is 5.26 Å². The summed E-state index contributed by atoms with van der Waals surface area (Å²) in [6.07, 6.45) is 1.52. The molecule has 0 spiro atoms. The lowest BCUT2D eigenvalue weighted by Crippen LogP contribution is -2.04. The number of hydrogen-bond donors (Lipinski definition) is 3. The Labute approximate surface area is 160 Å². The smallest absolute Gasteiger partial charge is 0.216 e. The molecule has 28 heavy (non-hydrogen) atoms. The Morgan fingerprint density at radius 3 is 2.82 bits per heavy atom. The van der Waals surface area contributed by atoms with Gasteiger partial charge in [-0.2, -0.15) is 10.5 Å². The molecule has 0 saturated heterocycles. The van der Waals surface area contributed by atoms with Crippen LogP contribution in [-0.2, 0) is 6.54 Å². The number of allylic oxidation sites excluding steroid dienone is 1. The molecule has 4 aromatic rings. The number of benzene rings is 2. The van der Waals surface area contributed by atoms with Gasteiger partial charge in [0.1, 0.15) is 17.5 Å². The standard InChI is InChI=1S/C19H16N8O/c20-11-14(18-23-25-26-24-18)12-21-15-6-7-17-16(10-15)22-19(27(17)8-9-28)13-4-2-1-3-5-13/h1-7,10,12,21,28H,8-9H2,(H,23,24,25,26). The van der Waals surface area contributed by atoms with Crippen molar-refractivity contribution < 1.29 is 5.11 Å². The van der Waals surface area contributed by atoms with Gasteiger partial charge in [-0.25, -0.2) is 4.98 Å². The van der Waals surface area contributed by atoms with Crippen molar-refractivity contribution in [2.45, 2.75) is 6.54 Å². The van der Waals surface area contributed by atoms with Crippen LogP contribution in [0.15, 0.2) is 54.7 Å². The third-order valence-electron chi connectivity index (χ3n) is 4.19. The van der Waals surface area contributed by atoms with Crippen molar-refractivity contribution >= 4 is 22.3 Å². The highest BCUT2D eigenvalue weighted by molar-refractivity contribution is 5.84. The van der Waals surface area contributed by atoms with Crippen LogP contribution in [0.25, 0.3) is 28.0 Å². The van der Waals surface area contributed by atoms with Crippen molar-refractivity contribution in [2.75, 3.05) is 11.9 Å². The van der Waals surface area contributed by atoms with Gasteiger partial charge in [-0.3, -0.25) is 0 Å². The SMILES string of the molecule is N#CC(=CNc1ccc2c(c1)nc(-c1ccccc1)n2CCO)c1nn[nH]n1. The molecule has 9 nitrogen and oxygen atoms in total. The minimum Gasteiger partial charge on any atom is -0.395 e. The van der Waals surface area contributed by atoms with Gasteiger partial charge >= 0.3 is 0 Å². The highest BCUT2D eigenvalue weighted by Crippen LogP contribution is 2.27. The second-order valence-electron chi connectivity index (χ2n) is 5.93. The molecule has 0 atom stereocenters. The van der Waals surface area contributed by atoms with Crippen LogP contribution in [0.5, 0.6) is 0 Å². The van der Waals surface area contributed by atoms with Gasteiger partial charge in [0.2, 0.25) is 5.82 Å². The Kier molecular flexibility index (Phi) is 4.78. The number of H-pyrrole nitrogens is 1. The van der Waals surface area contributed by atoms with Gasteiger partial charge in [0.05, 0.1) is 17.6 Å². The van der Waals surface area contributed by atoms with Gasteiger partial charge in [0, 0.05) is 24.0 Å². The minimum atomic E-state index is 0.0181. The van der Waals surface area contributed by atoms with E-state index in [1.165, 1.54) is 6.20 Å². The molecule has 4 rings (SSSR count). The molecular weight excluding hydrogens is 356 g/mol. The van der Waals surface area contributed by atoms with Crippen LogP contribution in [0.1, 0.15) is 5.82 Å². The fourth-order valence-corrected chi connectivity index (χ4v) is 2.93. The molecule has 0 amide bonds. The Morgan fingerprint density at radius 2 is 2.11 bits per heavy atom. The third kappa shape index (κ3) is 3.32. The number of aliphatic hydroxyl groups excluding tert-OH is 1. The number of nitriles is 1. The first-order chi connectivity index (χ1) is 13.8. The maximum atomic E-state index is 9.47. The van der Waals surface area contributed by atoms with E-state index < -0.39 is 0 Å². The molecule has 0 bridgehead atoms. The Balaban J connectivity index is 1.70. The molecule has 2 heterocycles. The van der Waals surface area contributed by atoms with E-state index in [-0.39, 0.29) is 18.0 Å². The summed E-state index contributed by atoms with van der Waals surface area (Å²) in [7, 11) is 0. The number of nitrogens with zero attached hydrogens (tertiary/aromatic N) is 6. The summed E-state index contributed by atoms with van der Waals surface area (Å²) < 4.78 is 1.99. The number of imidazole rings is 1. The lowest BCUT2D eigenvalue weighted by molar-refractivity contribution is 0.278. The summed E-state index contributed by atoms with van der Waals surface area (Å²) in [4.78, 5) is 4.75. The summed E-state index contributed by atoms with van der Waals surface area (Å²) >= 11 is 0. The molecule has 3 N–H and O–H groups in total. The van der Waals surface area contributed by atoms with Gasteiger partial charge in [-0.05, 0) is 23.4 Å². The number of hydrogen-bond acceptors (Lipinski definition) is 7. The average Bonchev–Trinajstić information content (AvgIpc) is 3.38. The highest BCUT2D eigenvalue weighted by atomic mass is 16.3. The fraction of sp³-hybridized carbons (Fsp3) is 0.105. The molecule has 2 aromatic carbocycles. The first-order valence-corrected chi connectivity index (χ1v) is 8.57. The maximum absolute atomic E-state index is 9.47. The predicted octanol–water partition coefficient (Wildman–Crippen LogP) is 2.19. The Bertz CT molecular complexity index is 1160. The quantitative estimate of drug-likeness (QED) is 0.442. The van der Waals surface area contributed by atoms with Gasteiger partial charge < -0.3 is 15.0 Å². The maximum Gasteiger partial charge on any atom is 0.216 e. The van der Waals surface area contributed by atoms with E-state index in [1.54, 1.807) is 0 Å². The van der Waals surface area contributed by atoms with Crippen molar-refractivity contribution in [1.82, 2.24) is 30.2 Å². The number of nitrogens with one attached hydrogen (secondary N) is 2. The number of fused-ring (bicyclic) bond motifs is 1. The van der Waals surface area contributed by atoms with E-state index in [1.807, 2.05) is 59.2 Å². The normalized spacial score (nSPS) is 11.5. The topological polar surface area (TPSA) is 128 Å². The summed E-state index contributed by atoms with van der Waals surface area (Å²) in [6.45, 7) is 0.466. The second-order valence-corrected chi connectivity index (χ2v) is 5.93. The molecule has 0 unspecified atom stereocenters. The van der Waals surface area contributed by atoms with E-state index in [0.29, 0.717) is 6.54 Å². The zero-order valence-corrected chi connectivity index (χ0v) is 14.7. The Hall–Kier alpha value is -4.03. The monoisotopic (exact) mass is 372 g/mol. The van der Waals surface area contributed by atoms with Crippen LogP contribution >= 0.6 is 0 Å². The van der Waals surface area contributed by atoms with E-state index >= 15 is 0 Å². The predicted molar refractivity (Wildman–Crippen MR) is 104 cm³/mol. The fourth-order valence-electron chi connectivity index (χ4n) is 2.93. The molecule has 0 aliphatic rings. The molecule has 0 radical (unpaired) electrons. The van der Waals surface area contributed by atoms with Gasteiger partial charge in [-0.1, -0.05) is 30.3 Å². The minimum absolute atomic E-state index is 0.0181. The van der Waals surface area contributed by atoms with Gasteiger partial charge in [-0.15, -0.1) is 10.2 Å². The number of anilines is 1.